The molecule has 1 rings (SSSR count). The van der Waals surface area contributed by atoms with Crippen LogP contribution in [-0.4, -0.2) is 29.3 Å². The van der Waals surface area contributed by atoms with Gasteiger partial charge < -0.3 is 15.7 Å². The molecule has 0 aliphatic heterocycles. The highest BCUT2D eigenvalue weighted by atomic mass is 16.3. The monoisotopic (exact) mass is 237 g/mol. The topological polar surface area (TPSA) is 57.2 Å². The summed E-state index contributed by atoms with van der Waals surface area (Å²) in [5.41, 5.74) is 1.93. The van der Waals surface area contributed by atoms with E-state index < -0.39 is 0 Å². The molecule has 0 radical (unpaired) electrons. The molecule has 0 saturated heterocycles. The summed E-state index contributed by atoms with van der Waals surface area (Å²) in [5.74, 6) is 0.512. The molecule has 17 heavy (non-hydrogen) atoms. The predicted octanol–water partition coefficient (Wildman–Crippen LogP) is 2.33. The Morgan fingerprint density at radius 2 is 1.88 bits per heavy atom. The molecule has 0 bridgehead atoms. The lowest BCUT2D eigenvalue weighted by Gasteiger charge is -2.15. The third-order valence-electron chi connectivity index (χ3n) is 2.40. The van der Waals surface area contributed by atoms with Gasteiger partial charge in [0.2, 0.25) is 0 Å². The molecule has 1 atom stereocenters. The molecule has 0 saturated carbocycles. The van der Waals surface area contributed by atoms with Crippen LogP contribution in [0.5, 0.6) is 0 Å². The summed E-state index contributed by atoms with van der Waals surface area (Å²) in [4.78, 5) is 4.14. The average molecular weight is 237 g/mol. The summed E-state index contributed by atoms with van der Waals surface area (Å²) in [5, 5.41) is 16.2. The van der Waals surface area contributed by atoms with Crippen LogP contribution in [0.15, 0.2) is 18.5 Å². The van der Waals surface area contributed by atoms with Gasteiger partial charge in [0, 0.05) is 13.1 Å². The molecule has 0 spiro atoms. The van der Waals surface area contributed by atoms with Crippen molar-refractivity contribution in [2.75, 3.05) is 23.7 Å². The summed E-state index contributed by atoms with van der Waals surface area (Å²) in [7, 11) is 0. The van der Waals surface area contributed by atoms with Gasteiger partial charge >= 0.3 is 0 Å². The lowest BCUT2D eigenvalue weighted by atomic mass is 10.1. The van der Waals surface area contributed by atoms with E-state index in [2.05, 4.69) is 29.5 Å². The maximum Gasteiger partial charge on any atom is 0.0715 e. The SMILES string of the molecule is CCNc1cncc(NCC(O)CC(C)C)c1. The van der Waals surface area contributed by atoms with Crippen molar-refractivity contribution in [2.45, 2.75) is 33.3 Å². The molecular weight excluding hydrogens is 214 g/mol. The van der Waals surface area contributed by atoms with Crippen LogP contribution in [0.25, 0.3) is 0 Å². The molecule has 96 valence electrons. The number of pyridine rings is 1. The normalized spacial score (nSPS) is 12.5. The van der Waals surface area contributed by atoms with E-state index >= 15 is 0 Å². The van der Waals surface area contributed by atoms with E-state index in [4.69, 9.17) is 0 Å². The number of aromatic nitrogens is 1. The summed E-state index contributed by atoms with van der Waals surface area (Å²) < 4.78 is 0. The van der Waals surface area contributed by atoms with Crippen molar-refractivity contribution in [1.29, 1.82) is 0 Å². The van der Waals surface area contributed by atoms with Crippen LogP contribution in [0, 0.1) is 5.92 Å². The Hall–Kier alpha value is -1.29. The number of nitrogens with zero attached hydrogens (tertiary/aromatic N) is 1. The molecule has 0 aliphatic carbocycles. The molecule has 0 aromatic carbocycles. The van der Waals surface area contributed by atoms with Crippen molar-refractivity contribution in [1.82, 2.24) is 4.98 Å². The zero-order valence-electron chi connectivity index (χ0n) is 10.9. The summed E-state index contributed by atoms with van der Waals surface area (Å²) >= 11 is 0. The van der Waals surface area contributed by atoms with Gasteiger partial charge in [-0.15, -0.1) is 0 Å². The molecule has 0 amide bonds. The molecule has 0 fully saturated rings. The minimum Gasteiger partial charge on any atom is -0.391 e. The second kappa shape index (κ2) is 7.12. The summed E-state index contributed by atoms with van der Waals surface area (Å²) in [6.45, 7) is 7.70. The Morgan fingerprint density at radius 3 is 2.47 bits per heavy atom. The average Bonchev–Trinajstić information content (AvgIpc) is 2.26. The van der Waals surface area contributed by atoms with Crippen LogP contribution < -0.4 is 10.6 Å². The van der Waals surface area contributed by atoms with Crippen molar-refractivity contribution in [3.05, 3.63) is 18.5 Å². The molecule has 4 heteroatoms. The van der Waals surface area contributed by atoms with Gasteiger partial charge in [-0.1, -0.05) is 13.8 Å². The van der Waals surface area contributed by atoms with E-state index in [9.17, 15) is 5.11 Å². The summed E-state index contributed by atoms with van der Waals surface area (Å²) in [6.07, 6.45) is 4.06. The first kappa shape index (κ1) is 13.8. The van der Waals surface area contributed by atoms with E-state index in [1.807, 2.05) is 13.0 Å². The second-order valence-electron chi connectivity index (χ2n) is 4.66. The Labute approximate surface area is 103 Å². The molecular formula is C13H23N3O. The van der Waals surface area contributed by atoms with Gasteiger partial charge in [-0.3, -0.25) is 4.98 Å². The van der Waals surface area contributed by atoms with Crippen molar-refractivity contribution >= 4 is 11.4 Å². The van der Waals surface area contributed by atoms with E-state index in [0.717, 1.165) is 24.3 Å². The number of aliphatic hydroxyl groups is 1. The standard InChI is InChI=1S/C13H23N3O/c1-4-15-11-6-12(8-14-7-11)16-9-13(17)5-10(2)3/h6-8,10,13,15-17H,4-5,9H2,1-3H3. The fourth-order valence-corrected chi connectivity index (χ4v) is 1.70. The van der Waals surface area contributed by atoms with E-state index in [1.54, 1.807) is 12.4 Å². The van der Waals surface area contributed by atoms with Gasteiger partial charge in [0.25, 0.3) is 0 Å². The van der Waals surface area contributed by atoms with Crippen LogP contribution in [0.3, 0.4) is 0 Å². The van der Waals surface area contributed by atoms with Crippen LogP contribution in [0.4, 0.5) is 11.4 Å². The van der Waals surface area contributed by atoms with Crippen LogP contribution in [0.2, 0.25) is 0 Å². The van der Waals surface area contributed by atoms with E-state index in [1.165, 1.54) is 0 Å². The van der Waals surface area contributed by atoms with E-state index in [0.29, 0.717) is 12.5 Å². The zero-order chi connectivity index (χ0) is 12.7. The Kier molecular flexibility index (Phi) is 5.77. The van der Waals surface area contributed by atoms with Crippen molar-refractivity contribution < 1.29 is 5.11 Å². The third kappa shape index (κ3) is 5.54. The molecule has 1 aromatic rings. The number of aliphatic hydroxyl groups excluding tert-OH is 1. The smallest absolute Gasteiger partial charge is 0.0715 e. The molecule has 1 aromatic heterocycles. The number of anilines is 2. The fourth-order valence-electron chi connectivity index (χ4n) is 1.70. The lowest BCUT2D eigenvalue weighted by Crippen LogP contribution is -2.21. The second-order valence-corrected chi connectivity index (χ2v) is 4.66. The first-order valence-corrected chi connectivity index (χ1v) is 6.22. The van der Waals surface area contributed by atoms with Gasteiger partial charge in [-0.25, -0.2) is 0 Å². The summed E-state index contributed by atoms with van der Waals surface area (Å²) in [6, 6.07) is 2.00. The molecule has 1 unspecified atom stereocenters. The third-order valence-corrected chi connectivity index (χ3v) is 2.40. The minimum atomic E-state index is -0.308. The maximum atomic E-state index is 9.76. The van der Waals surface area contributed by atoms with Gasteiger partial charge in [-0.2, -0.15) is 0 Å². The first-order chi connectivity index (χ1) is 8.11. The van der Waals surface area contributed by atoms with Crippen LogP contribution in [-0.2, 0) is 0 Å². The number of hydrogen-bond donors (Lipinski definition) is 3. The quantitative estimate of drug-likeness (QED) is 0.681. The first-order valence-electron chi connectivity index (χ1n) is 6.22. The highest BCUT2D eigenvalue weighted by molar-refractivity contribution is 5.53. The molecule has 4 nitrogen and oxygen atoms in total. The molecule has 3 N–H and O–H groups in total. The van der Waals surface area contributed by atoms with E-state index in [-0.39, 0.29) is 6.10 Å². The number of rotatable bonds is 7. The predicted molar refractivity (Wildman–Crippen MR) is 72.4 cm³/mol. The maximum absolute atomic E-state index is 9.76. The van der Waals surface area contributed by atoms with Crippen LogP contribution in [0.1, 0.15) is 27.2 Å². The Bertz CT molecular complexity index is 328. The lowest BCUT2D eigenvalue weighted by molar-refractivity contribution is 0.161. The minimum absolute atomic E-state index is 0.308. The largest absolute Gasteiger partial charge is 0.391 e. The Balaban J connectivity index is 2.43. The van der Waals surface area contributed by atoms with Gasteiger partial charge in [0.05, 0.1) is 29.9 Å². The molecule has 0 aliphatic rings. The number of nitrogens with one attached hydrogen (secondary N) is 2. The van der Waals surface area contributed by atoms with Crippen LogP contribution >= 0.6 is 0 Å². The van der Waals surface area contributed by atoms with Gasteiger partial charge in [0.15, 0.2) is 0 Å². The number of hydrogen-bond acceptors (Lipinski definition) is 4. The van der Waals surface area contributed by atoms with Gasteiger partial charge in [0.1, 0.15) is 0 Å². The highest BCUT2D eigenvalue weighted by Crippen LogP contribution is 2.13. The van der Waals surface area contributed by atoms with Crippen molar-refractivity contribution in [3.8, 4) is 0 Å². The molecule has 1 heterocycles. The highest BCUT2D eigenvalue weighted by Gasteiger charge is 2.06. The Morgan fingerprint density at radius 1 is 1.24 bits per heavy atom. The van der Waals surface area contributed by atoms with Gasteiger partial charge in [-0.05, 0) is 25.3 Å². The zero-order valence-corrected chi connectivity index (χ0v) is 10.9. The fraction of sp³-hybridized carbons (Fsp3) is 0.615. The van der Waals surface area contributed by atoms with Crippen molar-refractivity contribution in [3.63, 3.8) is 0 Å². The van der Waals surface area contributed by atoms with Crippen molar-refractivity contribution in [2.24, 2.45) is 5.92 Å².